The van der Waals surface area contributed by atoms with Crippen LogP contribution in [0.1, 0.15) is 30.3 Å². The van der Waals surface area contributed by atoms with Crippen molar-refractivity contribution in [1.29, 1.82) is 0 Å². The summed E-state index contributed by atoms with van der Waals surface area (Å²) in [5, 5.41) is 12.1. The smallest absolute Gasteiger partial charge is 1.00 e. The molecule has 2 aromatic rings. The van der Waals surface area contributed by atoms with Gasteiger partial charge in [-0.05, 0) is 30.7 Å². The number of halogens is 1. The van der Waals surface area contributed by atoms with Crippen LogP contribution < -0.4 is 24.2 Å². The molecule has 0 aliphatic rings. The number of hydrogen-bond acceptors (Lipinski definition) is 3. The standard InChI is InChI=1S/C14H13FN2O2.Li.H/c1-9(10-2-4-11(15)5-3-10)17-13-8-16-7-6-12(13)14(18)19;;/h2-9,17H,1H3,(H,18,19);;/q;+1;-1/t9-;;/m1../s1. The third-order valence-electron chi connectivity index (χ3n) is 2.79. The number of nitrogens with one attached hydrogen (secondary N) is 1. The zero-order chi connectivity index (χ0) is 13.8. The van der Waals surface area contributed by atoms with Crippen molar-refractivity contribution in [1.82, 2.24) is 4.98 Å². The molecule has 1 heterocycles. The van der Waals surface area contributed by atoms with E-state index in [0.29, 0.717) is 5.69 Å². The first-order valence-corrected chi connectivity index (χ1v) is 5.77. The molecular formula is C14H14FLiN2O2. The first-order chi connectivity index (χ1) is 9.08. The number of hydrogen-bond donors (Lipinski definition) is 2. The van der Waals surface area contributed by atoms with Gasteiger partial charge >= 0.3 is 24.8 Å². The van der Waals surface area contributed by atoms with E-state index in [0.717, 1.165) is 5.56 Å². The van der Waals surface area contributed by atoms with Gasteiger partial charge in [-0.2, -0.15) is 0 Å². The molecule has 0 amide bonds. The summed E-state index contributed by atoms with van der Waals surface area (Å²) < 4.78 is 12.8. The summed E-state index contributed by atoms with van der Waals surface area (Å²) in [4.78, 5) is 15.0. The fourth-order valence-corrected chi connectivity index (χ4v) is 1.76. The summed E-state index contributed by atoms with van der Waals surface area (Å²) in [6.07, 6.45) is 2.89. The number of anilines is 1. The molecular weight excluding hydrogens is 254 g/mol. The topological polar surface area (TPSA) is 62.2 Å². The van der Waals surface area contributed by atoms with Crippen LogP contribution in [0, 0.1) is 5.82 Å². The molecule has 1 aromatic carbocycles. The Kier molecular flexibility index (Phi) is 5.75. The van der Waals surface area contributed by atoms with Crippen LogP contribution >= 0.6 is 0 Å². The third-order valence-corrected chi connectivity index (χ3v) is 2.79. The van der Waals surface area contributed by atoms with Crippen molar-refractivity contribution in [2.24, 2.45) is 0 Å². The Morgan fingerprint density at radius 1 is 1.35 bits per heavy atom. The average Bonchev–Trinajstić information content (AvgIpc) is 2.39. The number of rotatable bonds is 4. The van der Waals surface area contributed by atoms with E-state index in [-0.39, 0.29) is 37.7 Å². The molecule has 0 aliphatic heterocycles. The minimum atomic E-state index is -1.02. The Morgan fingerprint density at radius 3 is 2.60 bits per heavy atom. The van der Waals surface area contributed by atoms with E-state index >= 15 is 0 Å². The van der Waals surface area contributed by atoms with Crippen LogP contribution in [0.4, 0.5) is 10.1 Å². The maximum atomic E-state index is 12.8. The molecule has 4 nitrogen and oxygen atoms in total. The van der Waals surface area contributed by atoms with Gasteiger partial charge in [-0.25, -0.2) is 9.18 Å². The van der Waals surface area contributed by atoms with Gasteiger partial charge in [0.1, 0.15) is 5.82 Å². The van der Waals surface area contributed by atoms with Gasteiger partial charge < -0.3 is 11.8 Å². The van der Waals surface area contributed by atoms with Gasteiger partial charge in [0, 0.05) is 12.2 Å². The van der Waals surface area contributed by atoms with Gasteiger partial charge in [-0.15, -0.1) is 0 Å². The second-order valence-electron chi connectivity index (χ2n) is 4.14. The van der Waals surface area contributed by atoms with Crippen molar-refractivity contribution >= 4 is 11.7 Å². The summed E-state index contributed by atoms with van der Waals surface area (Å²) in [7, 11) is 0. The molecule has 0 fully saturated rings. The van der Waals surface area contributed by atoms with Gasteiger partial charge in [0.05, 0.1) is 17.4 Å². The van der Waals surface area contributed by atoms with Crippen LogP contribution in [0.25, 0.3) is 0 Å². The van der Waals surface area contributed by atoms with E-state index in [2.05, 4.69) is 10.3 Å². The Hall–Kier alpha value is -1.83. The molecule has 0 aliphatic carbocycles. The number of nitrogens with zero attached hydrogens (tertiary/aromatic N) is 1. The minimum absolute atomic E-state index is 0. The van der Waals surface area contributed by atoms with E-state index < -0.39 is 5.97 Å². The minimum Gasteiger partial charge on any atom is -1.00 e. The van der Waals surface area contributed by atoms with Gasteiger partial charge in [0.25, 0.3) is 0 Å². The summed E-state index contributed by atoms with van der Waals surface area (Å²) >= 11 is 0. The SMILES string of the molecule is C[C@@H](Nc1cnccc1C(=O)O)c1ccc(F)cc1.[H-].[Li+]. The number of carboxylic acids is 1. The monoisotopic (exact) mass is 268 g/mol. The molecule has 0 saturated heterocycles. The van der Waals surface area contributed by atoms with Crippen LogP contribution in [0.5, 0.6) is 0 Å². The van der Waals surface area contributed by atoms with E-state index in [1.807, 2.05) is 6.92 Å². The van der Waals surface area contributed by atoms with Gasteiger partial charge in [0.15, 0.2) is 0 Å². The Labute approximate surface area is 129 Å². The summed E-state index contributed by atoms with van der Waals surface area (Å²) in [5.41, 5.74) is 1.46. The molecule has 1 atom stereocenters. The normalized spacial score (nSPS) is 11.3. The Balaban J connectivity index is 0.00000200. The van der Waals surface area contributed by atoms with E-state index in [1.165, 1.54) is 30.6 Å². The molecule has 0 unspecified atom stereocenters. The molecule has 2 rings (SSSR count). The zero-order valence-corrected chi connectivity index (χ0v) is 11.3. The third kappa shape index (κ3) is 3.83. The first kappa shape index (κ1) is 16.2. The number of pyridine rings is 1. The zero-order valence-electron chi connectivity index (χ0n) is 12.3. The van der Waals surface area contributed by atoms with Crippen molar-refractivity contribution in [3.05, 3.63) is 59.7 Å². The number of carboxylic acid groups (broad SMARTS) is 1. The predicted molar refractivity (Wildman–Crippen MR) is 70.7 cm³/mol. The molecule has 0 radical (unpaired) electrons. The summed E-state index contributed by atoms with van der Waals surface area (Å²) in [6.45, 7) is 1.87. The summed E-state index contributed by atoms with van der Waals surface area (Å²) in [5.74, 6) is -1.32. The number of carbonyl (C=O) groups is 1. The molecule has 2 N–H and O–H groups in total. The number of aromatic nitrogens is 1. The van der Waals surface area contributed by atoms with Crippen LogP contribution in [0.3, 0.4) is 0 Å². The largest absolute Gasteiger partial charge is 1.00 e. The average molecular weight is 268 g/mol. The van der Waals surface area contributed by atoms with Crippen molar-refractivity contribution < 1.29 is 34.6 Å². The summed E-state index contributed by atoms with van der Waals surface area (Å²) in [6, 6.07) is 7.34. The van der Waals surface area contributed by atoms with Crippen molar-refractivity contribution in [3.8, 4) is 0 Å². The molecule has 0 bridgehead atoms. The van der Waals surface area contributed by atoms with E-state index in [4.69, 9.17) is 5.11 Å². The Bertz CT molecular complexity index is 596. The quantitative estimate of drug-likeness (QED) is 0.778. The van der Waals surface area contributed by atoms with Gasteiger partial charge in [-0.1, -0.05) is 12.1 Å². The fraction of sp³-hybridized carbons (Fsp3) is 0.143. The molecule has 100 valence electrons. The second-order valence-corrected chi connectivity index (χ2v) is 4.14. The Morgan fingerprint density at radius 2 is 2.00 bits per heavy atom. The van der Waals surface area contributed by atoms with Crippen molar-refractivity contribution in [2.75, 3.05) is 5.32 Å². The molecule has 0 spiro atoms. The molecule has 6 heteroatoms. The number of benzene rings is 1. The first-order valence-electron chi connectivity index (χ1n) is 5.77. The molecule has 0 saturated carbocycles. The van der Waals surface area contributed by atoms with Gasteiger partial charge in [0.2, 0.25) is 0 Å². The van der Waals surface area contributed by atoms with Crippen LogP contribution in [-0.4, -0.2) is 16.1 Å². The van der Waals surface area contributed by atoms with Gasteiger partial charge in [-0.3, -0.25) is 4.98 Å². The van der Waals surface area contributed by atoms with E-state index in [9.17, 15) is 9.18 Å². The predicted octanol–water partition coefficient (Wildman–Crippen LogP) is 0.208. The van der Waals surface area contributed by atoms with Crippen LogP contribution in [0.2, 0.25) is 0 Å². The maximum Gasteiger partial charge on any atom is 1.00 e. The van der Waals surface area contributed by atoms with Crippen LogP contribution in [0.15, 0.2) is 42.7 Å². The van der Waals surface area contributed by atoms with Crippen molar-refractivity contribution in [2.45, 2.75) is 13.0 Å². The van der Waals surface area contributed by atoms with Crippen molar-refractivity contribution in [3.63, 3.8) is 0 Å². The fourth-order valence-electron chi connectivity index (χ4n) is 1.76. The second kappa shape index (κ2) is 7.08. The van der Waals surface area contributed by atoms with Crippen LogP contribution in [-0.2, 0) is 0 Å². The molecule has 1 aromatic heterocycles. The van der Waals surface area contributed by atoms with E-state index in [1.54, 1.807) is 12.1 Å². The number of aromatic carboxylic acids is 1. The maximum absolute atomic E-state index is 12.8. The molecule has 20 heavy (non-hydrogen) atoms.